The molecule has 4 heteroatoms. The van der Waals surface area contributed by atoms with Gasteiger partial charge in [0, 0.05) is 12.8 Å². The van der Waals surface area contributed by atoms with Crippen molar-refractivity contribution in [3.63, 3.8) is 0 Å². The number of rotatable bonds is 4. The van der Waals surface area contributed by atoms with E-state index in [1.165, 1.54) is 0 Å². The Labute approximate surface area is 170 Å². The molecule has 0 bridgehead atoms. The fourth-order valence-electron chi connectivity index (χ4n) is 8.28. The minimum absolute atomic E-state index is 0.127. The highest BCUT2D eigenvalue weighted by Crippen LogP contribution is 2.67. The van der Waals surface area contributed by atoms with Crippen LogP contribution in [0.3, 0.4) is 0 Å². The second kappa shape index (κ2) is 7.35. The van der Waals surface area contributed by atoms with E-state index in [0.717, 1.165) is 51.4 Å². The summed E-state index contributed by atoms with van der Waals surface area (Å²) in [6, 6.07) is 0. The fraction of sp³-hybridized carbons (Fsp3) is 0.958. The summed E-state index contributed by atoms with van der Waals surface area (Å²) in [5.41, 5.74) is -0.0464. The lowest BCUT2D eigenvalue weighted by atomic mass is 9.43. The smallest absolute Gasteiger partial charge is 0.132 e. The molecule has 4 nitrogen and oxygen atoms in total. The summed E-state index contributed by atoms with van der Waals surface area (Å²) < 4.78 is 0. The number of carbonyl (C=O) groups excluding carboxylic acids is 1. The molecule has 0 saturated heterocycles. The van der Waals surface area contributed by atoms with Crippen molar-refractivity contribution < 1.29 is 20.1 Å². The van der Waals surface area contributed by atoms with Crippen LogP contribution in [0.1, 0.15) is 85.0 Å². The van der Waals surface area contributed by atoms with Crippen LogP contribution in [0, 0.1) is 40.4 Å². The molecule has 0 radical (unpaired) electrons. The predicted molar refractivity (Wildman–Crippen MR) is 109 cm³/mol. The van der Waals surface area contributed by atoms with Crippen molar-refractivity contribution in [3.05, 3.63) is 0 Å². The lowest BCUT2D eigenvalue weighted by Gasteiger charge is -2.63. The fourth-order valence-corrected chi connectivity index (χ4v) is 8.28. The van der Waals surface area contributed by atoms with Crippen molar-refractivity contribution in [1.82, 2.24) is 0 Å². The second-order valence-electron chi connectivity index (χ2n) is 11.0. The van der Waals surface area contributed by atoms with Gasteiger partial charge in [0.15, 0.2) is 0 Å². The van der Waals surface area contributed by atoms with Crippen LogP contribution in [0.2, 0.25) is 0 Å². The van der Waals surface area contributed by atoms with Crippen molar-refractivity contribution in [2.75, 3.05) is 0 Å². The highest BCUT2D eigenvalue weighted by Gasteiger charge is 2.65. The Morgan fingerprint density at radius 1 is 1.00 bits per heavy atom. The van der Waals surface area contributed by atoms with Gasteiger partial charge < -0.3 is 15.3 Å². The van der Waals surface area contributed by atoms with Gasteiger partial charge in [0.1, 0.15) is 5.78 Å². The summed E-state index contributed by atoms with van der Waals surface area (Å²) in [4.78, 5) is 11.9. The molecule has 0 aromatic rings. The Kier molecular flexibility index (Phi) is 5.46. The van der Waals surface area contributed by atoms with Gasteiger partial charge in [0.25, 0.3) is 0 Å². The molecule has 3 N–H and O–H groups in total. The molecule has 0 aliphatic heterocycles. The van der Waals surface area contributed by atoms with Gasteiger partial charge in [-0.15, -0.1) is 0 Å². The molecular weight excluding hydrogens is 352 g/mol. The van der Waals surface area contributed by atoms with E-state index in [1.807, 2.05) is 6.92 Å². The number of hydrogen-bond donors (Lipinski definition) is 3. The molecule has 3 unspecified atom stereocenters. The molecule has 4 saturated carbocycles. The first-order valence-corrected chi connectivity index (χ1v) is 11.8. The number of carbonyl (C=O) groups is 1. The monoisotopic (exact) mass is 392 g/mol. The van der Waals surface area contributed by atoms with E-state index >= 15 is 0 Å². The van der Waals surface area contributed by atoms with E-state index in [9.17, 15) is 20.1 Å². The van der Waals surface area contributed by atoms with Gasteiger partial charge in [0.2, 0.25) is 0 Å². The maximum Gasteiger partial charge on any atom is 0.132 e. The molecule has 28 heavy (non-hydrogen) atoms. The number of aliphatic hydroxyl groups is 3. The Morgan fingerprint density at radius 2 is 1.75 bits per heavy atom. The third-order valence-electron chi connectivity index (χ3n) is 10.1. The van der Waals surface area contributed by atoms with Crippen molar-refractivity contribution in [1.29, 1.82) is 0 Å². The summed E-state index contributed by atoms with van der Waals surface area (Å²) in [5, 5.41) is 32.8. The maximum atomic E-state index is 11.9. The standard InChI is InChI=1S/C24H40O4/c1-4-16(25)7-5-14-6-8-18-22-19(13-21(28)24(14,18)3)23(2)10-9-17(26)11-15(23)12-20(22)27/h14-15,17-22,26-28H,4-13H2,1-3H3/t14?,15-,17+,18?,19-,20+,21-,22?,23-,24+/m0/s1. The molecule has 4 fully saturated rings. The molecule has 0 amide bonds. The first kappa shape index (κ1) is 20.8. The zero-order chi connectivity index (χ0) is 20.3. The van der Waals surface area contributed by atoms with Crippen LogP contribution in [0.5, 0.6) is 0 Å². The van der Waals surface area contributed by atoms with Crippen LogP contribution in [0.25, 0.3) is 0 Å². The highest BCUT2D eigenvalue weighted by atomic mass is 16.3. The summed E-state index contributed by atoms with van der Waals surface area (Å²) in [5.74, 6) is 2.03. The van der Waals surface area contributed by atoms with E-state index in [-0.39, 0.29) is 35.1 Å². The molecular formula is C24H40O4. The third kappa shape index (κ3) is 3.01. The largest absolute Gasteiger partial charge is 0.393 e. The van der Waals surface area contributed by atoms with Crippen LogP contribution in [0.15, 0.2) is 0 Å². The topological polar surface area (TPSA) is 77.8 Å². The van der Waals surface area contributed by atoms with Crippen LogP contribution in [-0.4, -0.2) is 39.4 Å². The van der Waals surface area contributed by atoms with E-state index in [1.54, 1.807) is 0 Å². The molecule has 0 aromatic carbocycles. The van der Waals surface area contributed by atoms with E-state index < -0.39 is 0 Å². The van der Waals surface area contributed by atoms with Crippen molar-refractivity contribution in [2.45, 2.75) is 103 Å². The first-order chi connectivity index (χ1) is 13.2. The van der Waals surface area contributed by atoms with Crippen molar-refractivity contribution in [3.8, 4) is 0 Å². The SMILES string of the molecule is CCC(=O)CCC1CCC2C3[C@H](O)C[C@@H]4C[C@H](O)CC[C@]4(C)[C@H]3C[C@H](O)[C@]12C. The molecule has 0 spiro atoms. The van der Waals surface area contributed by atoms with Crippen molar-refractivity contribution >= 4 is 5.78 Å². The summed E-state index contributed by atoms with van der Waals surface area (Å²) in [7, 11) is 0. The number of hydrogen-bond acceptors (Lipinski definition) is 4. The van der Waals surface area contributed by atoms with Crippen LogP contribution < -0.4 is 0 Å². The van der Waals surface area contributed by atoms with Gasteiger partial charge in [-0.1, -0.05) is 20.8 Å². The van der Waals surface area contributed by atoms with Gasteiger partial charge >= 0.3 is 0 Å². The van der Waals surface area contributed by atoms with Crippen LogP contribution in [0.4, 0.5) is 0 Å². The predicted octanol–water partition coefficient (Wildman–Crippen LogP) is 3.71. The van der Waals surface area contributed by atoms with E-state index in [4.69, 9.17) is 0 Å². The number of fused-ring (bicyclic) bond motifs is 5. The van der Waals surface area contributed by atoms with Gasteiger partial charge in [-0.25, -0.2) is 0 Å². The summed E-state index contributed by atoms with van der Waals surface area (Å²) in [6.07, 6.45) is 7.60. The summed E-state index contributed by atoms with van der Waals surface area (Å²) >= 11 is 0. The zero-order valence-electron chi connectivity index (χ0n) is 17.9. The van der Waals surface area contributed by atoms with E-state index in [0.29, 0.717) is 42.3 Å². The Morgan fingerprint density at radius 3 is 2.46 bits per heavy atom. The summed E-state index contributed by atoms with van der Waals surface area (Å²) in [6.45, 7) is 6.55. The Balaban J connectivity index is 1.59. The lowest BCUT2D eigenvalue weighted by Crippen LogP contribution is -2.62. The van der Waals surface area contributed by atoms with Gasteiger partial charge in [-0.2, -0.15) is 0 Å². The Hall–Kier alpha value is -0.450. The third-order valence-corrected chi connectivity index (χ3v) is 10.1. The normalized spacial score (nSPS) is 53.2. The molecule has 4 aliphatic carbocycles. The number of ketones is 1. The molecule has 4 aliphatic rings. The molecule has 10 atom stereocenters. The molecule has 0 heterocycles. The molecule has 0 aromatic heterocycles. The van der Waals surface area contributed by atoms with Gasteiger partial charge in [-0.3, -0.25) is 4.79 Å². The van der Waals surface area contributed by atoms with Crippen LogP contribution in [-0.2, 0) is 4.79 Å². The van der Waals surface area contributed by atoms with E-state index in [2.05, 4.69) is 13.8 Å². The minimum atomic E-state index is -0.349. The maximum absolute atomic E-state index is 11.9. The van der Waals surface area contributed by atoms with Gasteiger partial charge in [0.05, 0.1) is 18.3 Å². The Bertz CT molecular complexity index is 605. The zero-order valence-corrected chi connectivity index (χ0v) is 17.9. The number of aliphatic hydroxyl groups excluding tert-OH is 3. The minimum Gasteiger partial charge on any atom is -0.393 e. The van der Waals surface area contributed by atoms with Crippen LogP contribution >= 0.6 is 0 Å². The average Bonchev–Trinajstić information content (AvgIpc) is 3.00. The second-order valence-corrected chi connectivity index (χ2v) is 11.0. The average molecular weight is 393 g/mol. The molecule has 160 valence electrons. The van der Waals surface area contributed by atoms with Gasteiger partial charge in [-0.05, 0) is 91.8 Å². The first-order valence-electron chi connectivity index (χ1n) is 11.8. The lowest BCUT2D eigenvalue weighted by molar-refractivity contribution is -0.204. The van der Waals surface area contributed by atoms with Crippen molar-refractivity contribution in [2.24, 2.45) is 40.4 Å². The highest BCUT2D eigenvalue weighted by molar-refractivity contribution is 5.77. The molecule has 4 rings (SSSR count). The quantitative estimate of drug-likeness (QED) is 0.682. The number of Topliss-reactive ketones (excluding diaryl/α,β-unsaturated/α-hetero) is 1.